The zero-order valence-corrected chi connectivity index (χ0v) is 14.0. The first kappa shape index (κ1) is 17.8. The smallest absolute Gasteiger partial charge is 0.276 e. The molecule has 1 aromatic carbocycles. The number of nitrogens with one attached hydrogen (secondary N) is 2. The number of carbonyl (C=O) groups is 3. The number of rotatable bonds is 6. The number of hydrogen-bond acceptors (Lipinski definition) is 4. The Hall–Kier alpha value is -2.57. The molecule has 2 N–H and O–H groups in total. The van der Waals surface area contributed by atoms with Gasteiger partial charge >= 0.3 is 0 Å². The molecule has 0 spiro atoms. The molecular weight excluding hydrogens is 310 g/mol. The highest BCUT2D eigenvalue weighted by Gasteiger charge is 2.21. The molecule has 1 heterocycles. The fraction of sp³-hybridized carbons (Fsp3) is 0.471. The Labute approximate surface area is 141 Å². The Kier molecular flexibility index (Phi) is 6.17. The van der Waals surface area contributed by atoms with Crippen molar-refractivity contribution in [3.05, 3.63) is 24.3 Å². The lowest BCUT2D eigenvalue weighted by atomic mass is 10.1. The first-order chi connectivity index (χ1) is 11.5. The van der Waals surface area contributed by atoms with Gasteiger partial charge in [-0.1, -0.05) is 19.9 Å². The Bertz CT molecular complexity index is 616. The van der Waals surface area contributed by atoms with Crippen LogP contribution in [-0.2, 0) is 14.4 Å². The highest BCUT2D eigenvalue weighted by Crippen LogP contribution is 2.25. The highest BCUT2D eigenvalue weighted by atomic mass is 16.5. The lowest BCUT2D eigenvalue weighted by molar-refractivity contribution is -0.130. The van der Waals surface area contributed by atoms with Crippen molar-refractivity contribution in [1.29, 1.82) is 0 Å². The van der Waals surface area contributed by atoms with Crippen LogP contribution in [0.25, 0.3) is 0 Å². The van der Waals surface area contributed by atoms with Gasteiger partial charge in [-0.3, -0.25) is 25.2 Å². The van der Waals surface area contributed by atoms with Gasteiger partial charge in [-0.2, -0.15) is 0 Å². The van der Waals surface area contributed by atoms with E-state index in [-0.39, 0.29) is 24.3 Å². The zero-order valence-electron chi connectivity index (χ0n) is 14.0. The average molecular weight is 333 g/mol. The molecule has 3 amide bonds. The van der Waals surface area contributed by atoms with E-state index in [1.165, 1.54) is 0 Å². The van der Waals surface area contributed by atoms with Crippen LogP contribution in [0.15, 0.2) is 24.3 Å². The fourth-order valence-electron chi connectivity index (χ4n) is 2.41. The summed E-state index contributed by atoms with van der Waals surface area (Å²) in [6.07, 6.45) is 1.75. The molecule has 1 aromatic rings. The summed E-state index contributed by atoms with van der Waals surface area (Å²) in [5.41, 5.74) is 5.41. The standard InChI is InChI=1S/C17H23N3O4/c1-12(2)9-15(21)18-19-16(22)11-24-14-6-3-5-13(10-14)20-8-4-7-17(20)23/h3,5-6,10,12H,4,7-9,11H2,1-2H3,(H,18,21)(H,19,22). The summed E-state index contributed by atoms with van der Waals surface area (Å²) < 4.78 is 5.42. The number of hydrazine groups is 1. The Morgan fingerprint density at radius 2 is 2.00 bits per heavy atom. The van der Waals surface area contributed by atoms with Gasteiger partial charge in [0.2, 0.25) is 11.8 Å². The number of hydrogen-bond donors (Lipinski definition) is 2. The quantitative estimate of drug-likeness (QED) is 0.770. The number of carbonyl (C=O) groups excluding carboxylic acids is 3. The van der Waals surface area contributed by atoms with Gasteiger partial charge in [0, 0.05) is 31.1 Å². The van der Waals surface area contributed by atoms with Crippen LogP contribution in [-0.4, -0.2) is 30.9 Å². The highest BCUT2D eigenvalue weighted by molar-refractivity contribution is 5.95. The molecule has 2 rings (SSSR count). The van der Waals surface area contributed by atoms with Crippen LogP contribution in [0.3, 0.4) is 0 Å². The third kappa shape index (κ3) is 5.26. The minimum Gasteiger partial charge on any atom is -0.484 e. The van der Waals surface area contributed by atoms with Crippen LogP contribution in [0.2, 0.25) is 0 Å². The van der Waals surface area contributed by atoms with Crippen molar-refractivity contribution in [3.63, 3.8) is 0 Å². The molecule has 0 atom stereocenters. The van der Waals surface area contributed by atoms with Crippen molar-refractivity contribution in [2.24, 2.45) is 5.92 Å². The van der Waals surface area contributed by atoms with Crippen molar-refractivity contribution in [1.82, 2.24) is 10.9 Å². The first-order valence-corrected chi connectivity index (χ1v) is 8.06. The van der Waals surface area contributed by atoms with E-state index in [0.717, 1.165) is 12.1 Å². The van der Waals surface area contributed by atoms with E-state index >= 15 is 0 Å². The Balaban J connectivity index is 1.80. The SMILES string of the molecule is CC(C)CC(=O)NNC(=O)COc1cccc(N2CCCC2=O)c1. The van der Waals surface area contributed by atoms with Gasteiger partial charge in [0.15, 0.2) is 6.61 Å². The first-order valence-electron chi connectivity index (χ1n) is 8.06. The molecule has 1 aliphatic rings. The maximum absolute atomic E-state index is 11.8. The number of ether oxygens (including phenoxy) is 1. The van der Waals surface area contributed by atoms with E-state index in [0.29, 0.717) is 25.1 Å². The summed E-state index contributed by atoms with van der Waals surface area (Å²) in [7, 11) is 0. The summed E-state index contributed by atoms with van der Waals surface area (Å²) >= 11 is 0. The maximum atomic E-state index is 11.8. The summed E-state index contributed by atoms with van der Waals surface area (Å²) in [5, 5.41) is 0. The zero-order chi connectivity index (χ0) is 17.5. The van der Waals surface area contributed by atoms with Gasteiger partial charge in [-0.05, 0) is 24.5 Å². The Morgan fingerprint density at radius 3 is 2.67 bits per heavy atom. The van der Waals surface area contributed by atoms with Crippen molar-refractivity contribution in [2.75, 3.05) is 18.1 Å². The monoisotopic (exact) mass is 333 g/mol. The molecule has 24 heavy (non-hydrogen) atoms. The number of anilines is 1. The van der Waals surface area contributed by atoms with Crippen molar-refractivity contribution in [3.8, 4) is 5.75 Å². The minimum atomic E-state index is -0.449. The lowest BCUT2D eigenvalue weighted by Crippen LogP contribution is -2.44. The minimum absolute atomic E-state index is 0.0951. The van der Waals surface area contributed by atoms with Gasteiger partial charge in [0.05, 0.1) is 0 Å². The molecular formula is C17H23N3O4. The van der Waals surface area contributed by atoms with E-state index in [2.05, 4.69) is 10.9 Å². The largest absolute Gasteiger partial charge is 0.484 e. The van der Waals surface area contributed by atoms with E-state index in [9.17, 15) is 14.4 Å². The second-order valence-corrected chi connectivity index (χ2v) is 6.13. The van der Waals surface area contributed by atoms with Crippen LogP contribution >= 0.6 is 0 Å². The van der Waals surface area contributed by atoms with Gasteiger partial charge < -0.3 is 9.64 Å². The summed E-state index contributed by atoms with van der Waals surface area (Å²) in [6, 6.07) is 7.06. The predicted octanol–water partition coefficient (Wildman–Crippen LogP) is 1.39. The van der Waals surface area contributed by atoms with Crippen molar-refractivity contribution < 1.29 is 19.1 Å². The van der Waals surface area contributed by atoms with Crippen LogP contribution in [0, 0.1) is 5.92 Å². The fourth-order valence-corrected chi connectivity index (χ4v) is 2.41. The lowest BCUT2D eigenvalue weighted by Gasteiger charge is -2.16. The van der Waals surface area contributed by atoms with Gasteiger partial charge in [0.25, 0.3) is 5.91 Å². The molecule has 7 nitrogen and oxygen atoms in total. The second kappa shape index (κ2) is 8.33. The molecule has 1 saturated heterocycles. The normalized spacial score (nSPS) is 14.0. The summed E-state index contributed by atoms with van der Waals surface area (Å²) in [6.45, 7) is 4.31. The van der Waals surface area contributed by atoms with E-state index in [1.54, 1.807) is 23.1 Å². The molecule has 0 saturated carbocycles. The van der Waals surface area contributed by atoms with Crippen LogP contribution in [0.1, 0.15) is 33.1 Å². The predicted molar refractivity (Wildman–Crippen MR) is 89.3 cm³/mol. The number of nitrogens with zero attached hydrogens (tertiary/aromatic N) is 1. The third-order valence-electron chi connectivity index (χ3n) is 3.51. The topological polar surface area (TPSA) is 87.7 Å². The molecule has 0 bridgehead atoms. The van der Waals surface area contributed by atoms with Gasteiger partial charge in [-0.15, -0.1) is 0 Å². The average Bonchev–Trinajstić information content (AvgIpc) is 2.96. The second-order valence-electron chi connectivity index (χ2n) is 6.13. The van der Waals surface area contributed by atoms with Crippen molar-refractivity contribution >= 4 is 23.4 Å². The summed E-state index contributed by atoms with van der Waals surface area (Å²) in [5.74, 6) is 0.116. The van der Waals surface area contributed by atoms with E-state index < -0.39 is 5.91 Å². The van der Waals surface area contributed by atoms with Gasteiger partial charge in [-0.25, -0.2) is 0 Å². The third-order valence-corrected chi connectivity index (χ3v) is 3.51. The molecule has 1 fully saturated rings. The molecule has 7 heteroatoms. The molecule has 0 aliphatic carbocycles. The molecule has 130 valence electrons. The molecule has 0 aromatic heterocycles. The van der Waals surface area contributed by atoms with E-state index in [1.807, 2.05) is 19.9 Å². The van der Waals surface area contributed by atoms with Crippen LogP contribution in [0.4, 0.5) is 5.69 Å². The Morgan fingerprint density at radius 1 is 1.25 bits per heavy atom. The number of amides is 3. The van der Waals surface area contributed by atoms with Crippen LogP contribution in [0.5, 0.6) is 5.75 Å². The molecule has 0 unspecified atom stereocenters. The maximum Gasteiger partial charge on any atom is 0.276 e. The number of benzene rings is 1. The van der Waals surface area contributed by atoms with Crippen LogP contribution < -0.4 is 20.5 Å². The molecule has 0 radical (unpaired) electrons. The summed E-state index contributed by atoms with van der Waals surface area (Å²) in [4.78, 5) is 36.6. The molecule has 1 aliphatic heterocycles. The van der Waals surface area contributed by atoms with Crippen molar-refractivity contribution in [2.45, 2.75) is 33.1 Å². The van der Waals surface area contributed by atoms with Gasteiger partial charge in [0.1, 0.15) is 5.75 Å². The van der Waals surface area contributed by atoms with E-state index in [4.69, 9.17) is 4.74 Å².